The zero-order chi connectivity index (χ0) is 14.4. The molecule has 3 N–H and O–H groups in total. The molecule has 0 fully saturated rings. The Balaban J connectivity index is 2.53. The first-order valence-corrected chi connectivity index (χ1v) is 6.99. The number of aryl methyl sites for hydroxylation is 1. The van der Waals surface area contributed by atoms with Crippen LogP contribution in [0.15, 0.2) is 9.27 Å². The largest absolute Gasteiger partial charge is 0.348 e. The summed E-state index contributed by atoms with van der Waals surface area (Å²) in [6.45, 7) is 4.30. The monoisotopic (exact) mass is 330 g/mol. The van der Waals surface area contributed by atoms with E-state index in [0.717, 1.165) is 29.4 Å². The van der Waals surface area contributed by atoms with Gasteiger partial charge in [0.15, 0.2) is 0 Å². The Morgan fingerprint density at radius 1 is 1.37 bits per heavy atom. The van der Waals surface area contributed by atoms with Gasteiger partial charge >= 0.3 is 5.69 Å². The first-order valence-electron chi connectivity index (χ1n) is 6.20. The van der Waals surface area contributed by atoms with Crippen LogP contribution in [0, 0.1) is 13.8 Å². The van der Waals surface area contributed by atoms with Crippen molar-refractivity contribution in [3.05, 3.63) is 26.3 Å². The highest BCUT2D eigenvalue weighted by atomic mass is 79.9. The lowest BCUT2D eigenvalue weighted by Crippen LogP contribution is -2.29. The highest BCUT2D eigenvalue weighted by molar-refractivity contribution is 9.10. The van der Waals surface area contributed by atoms with E-state index in [4.69, 9.17) is 5.84 Å². The standard InChI is InChI=1S/C12H19BrN4O2/c1-8-11(13)9(2)17(12(19)15-8)7-5-3-4-6-10(18)16-14/h3-7,14H2,1-2H3,(H,16,18). The Morgan fingerprint density at radius 2 is 2.05 bits per heavy atom. The summed E-state index contributed by atoms with van der Waals surface area (Å²) in [5.74, 6) is 4.83. The average molecular weight is 331 g/mol. The number of carbonyl (C=O) groups is 1. The third-order valence-corrected chi connectivity index (χ3v) is 4.13. The van der Waals surface area contributed by atoms with Gasteiger partial charge in [0.1, 0.15) is 0 Å². The molecule has 6 nitrogen and oxygen atoms in total. The fourth-order valence-electron chi connectivity index (χ4n) is 1.84. The first-order chi connectivity index (χ1) is 8.97. The Bertz CT molecular complexity index is 513. The number of halogens is 1. The molecular weight excluding hydrogens is 312 g/mol. The lowest BCUT2D eigenvalue weighted by molar-refractivity contribution is -0.121. The van der Waals surface area contributed by atoms with E-state index < -0.39 is 0 Å². The summed E-state index contributed by atoms with van der Waals surface area (Å²) in [5.41, 5.74) is 3.46. The van der Waals surface area contributed by atoms with Crippen LogP contribution in [-0.4, -0.2) is 15.5 Å². The molecule has 0 saturated carbocycles. The van der Waals surface area contributed by atoms with Gasteiger partial charge < -0.3 is 0 Å². The van der Waals surface area contributed by atoms with Crippen LogP contribution in [0.25, 0.3) is 0 Å². The molecule has 0 aliphatic heterocycles. The van der Waals surface area contributed by atoms with Gasteiger partial charge in [0.25, 0.3) is 0 Å². The van der Waals surface area contributed by atoms with Crippen molar-refractivity contribution in [2.24, 2.45) is 5.84 Å². The molecule has 106 valence electrons. The Hall–Kier alpha value is -1.21. The second kappa shape index (κ2) is 7.40. The quantitative estimate of drug-likeness (QED) is 0.354. The number of unbranched alkanes of at least 4 members (excludes halogenated alkanes) is 2. The Labute approximate surface area is 120 Å². The van der Waals surface area contributed by atoms with E-state index in [1.807, 2.05) is 6.92 Å². The molecular formula is C12H19BrN4O2. The van der Waals surface area contributed by atoms with E-state index in [2.05, 4.69) is 26.3 Å². The van der Waals surface area contributed by atoms with Crippen LogP contribution in [0.1, 0.15) is 37.1 Å². The van der Waals surface area contributed by atoms with Gasteiger partial charge in [-0.3, -0.25) is 14.8 Å². The molecule has 0 bridgehead atoms. The summed E-state index contributed by atoms with van der Waals surface area (Å²) in [7, 11) is 0. The smallest absolute Gasteiger partial charge is 0.295 e. The van der Waals surface area contributed by atoms with E-state index in [-0.39, 0.29) is 11.6 Å². The Morgan fingerprint density at radius 3 is 2.68 bits per heavy atom. The van der Waals surface area contributed by atoms with Crippen LogP contribution in [0.4, 0.5) is 0 Å². The van der Waals surface area contributed by atoms with Gasteiger partial charge in [-0.2, -0.15) is 4.98 Å². The lowest BCUT2D eigenvalue weighted by atomic mass is 10.2. The molecule has 0 spiro atoms. The second-order valence-corrected chi connectivity index (χ2v) is 5.20. The molecule has 1 aromatic rings. The highest BCUT2D eigenvalue weighted by Crippen LogP contribution is 2.17. The number of nitrogens with two attached hydrogens (primary N) is 1. The van der Waals surface area contributed by atoms with Gasteiger partial charge in [-0.05, 0) is 42.6 Å². The van der Waals surface area contributed by atoms with Gasteiger partial charge in [0, 0.05) is 18.7 Å². The lowest BCUT2D eigenvalue weighted by Gasteiger charge is -2.11. The number of hydrogen-bond donors (Lipinski definition) is 2. The van der Waals surface area contributed by atoms with Crippen molar-refractivity contribution in [3.63, 3.8) is 0 Å². The molecule has 19 heavy (non-hydrogen) atoms. The molecule has 1 amide bonds. The minimum atomic E-state index is -0.224. The normalized spacial score (nSPS) is 10.5. The predicted octanol–water partition coefficient (Wildman–Crippen LogP) is 1.17. The third kappa shape index (κ3) is 4.43. The molecule has 0 aromatic carbocycles. The molecule has 0 radical (unpaired) electrons. The molecule has 1 aromatic heterocycles. The number of amides is 1. The summed E-state index contributed by atoms with van der Waals surface area (Å²) < 4.78 is 2.52. The Kier molecular flexibility index (Phi) is 6.17. The molecule has 0 atom stereocenters. The summed E-state index contributed by atoms with van der Waals surface area (Å²) in [4.78, 5) is 26.7. The van der Waals surface area contributed by atoms with E-state index >= 15 is 0 Å². The van der Waals surface area contributed by atoms with Crippen molar-refractivity contribution >= 4 is 21.8 Å². The maximum atomic E-state index is 11.8. The molecule has 0 saturated heterocycles. The van der Waals surface area contributed by atoms with E-state index in [1.165, 1.54) is 0 Å². The summed E-state index contributed by atoms with van der Waals surface area (Å²) in [6, 6.07) is 0. The zero-order valence-corrected chi connectivity index (χ0v) is 12.8. The minimum absolute atomic E-state index is 0.159. The molecule has 1 heterocycles. The number of hydrazine groups is 1. The van der Waals surface area contributed by atoms with Crippen LogP contribution in [-0.2, 0) is 11.3 Å². The average Bonchev–Trinajstić information content (AvgIpc) is 2.39. The van der Waals surface area contributed by atoms with Crippen LogP contribution in [0.5, 0.6) is 0 Å². The maximum Gasteiger partial charge on any atom is 0.348 e. The summed E-state index contributed by atoms with van der Waals surface area (Å²) in [6.07, 6.45) is 2.87. The van der Waals surface area contributed by atoms with Gasteiger partial charge in [0.2, 0.25) is 5.91 Å². The van der Waals surface area contributed by atoms with Crippen molar-refractivity contribution in [2.75, 3.05) is 0 Å². The first kappa shape index (κ1) is 15.8. The van der Waals surface area contributed by atoms with Gasteiger partial charge in [-0.25, -0.2) is 10.6 Å². The maximum absolute atomic E-state index is 11.8. The van der Waals surface area contributed by atoms with Crippen LogP contribution < -0.4 is 17.0 Å². The van der Waals surface area contributed by atoms with Gasteiger partial charge in [-0.15, -0.1) is 0 Å². The number of carbonyl (C=O) groups excluding carboxylic acids is 1. The van der Waals surface area contributed by atoms with Crippen LogP contribution in [0.2, 0.25) is 0 Å². The molecule has 0 unspecified atom stereocenters. The SMILES string of the molecule is Cc1nc(=O)n(CCCCCC(=O)NN)c(C)c1Br. The summed E-state index contributed by atoms with van der Waals surface area (Å²) >= 11 is 3.43. The van der Waals surface area contributed by atoms with Crippen molar-refractivity contribution in [1.82, 2.24) is 15.0 Å². The van der Waals surface area contributed by atoms with Gasteiger partial charge in [0.05, 0.1) is 10.2 Å². The summed E-state index contributed by atoms with van der Waals surface area (Å²) in [5, 5.41) is 0. The number of rotatable bonds is 6. The number of nitrogens with one attached hydrogen (secondary N) is 1. The van der Waals surface area contributed by atoms with Crippen LogP contribution in [0.3, 0.4) is 0 Å². The number of hydrogen-bond acceptors (Lipinski definition) is 4. The van der Waals surface area contributed by atoms with Crippen molar-refractivity contribution in [3.8, 4) is 0 Å². The highest BCUT2D eigenvalue weighted by Gasteiger charge is 2.08. The number of nitrogens with zero attached hydrogens (tertiary/aromatic N) is 2. The van der Waals surface area contributed by atoms with Crippen molar-refractivity contribution in [1.29, 1.82) is 0 Å². The van der Waals surface area contributed by atoms with E-state index in [1.54, 1.807) is 11.5 Å². The number of aromatic nitrogens is 2. The van der Waals surface area contributed by atoms with Crippen molar-refractivity contribution < 1.29 is 4.79 Å². The molecule has 1 rings (SSSR count). The fraction of sp³-hybridized carbons (Fsp3) is 0.583. The third-order valence-electron chi connectivity index (χ3n) is 2.98. The van der Waals surface area contributed by atoms with Crippen LogP contribution >= 0.6 is 15.9 Å². The fourth-order valence-corrected chi connectivity index (χ4v) is 2.15. The molecule has 7 heteroatoms. The van der Waals surface area contributed by atoms with Crippen molar-refractivity contribution in [2.45, 2.75) is 46.1 Å². The predicted molar refractivity (Wildman–Crippen MR) is 76.5 cm³/mol. The minimum Gasteiger partial charge on any atom is -0.295 e. The second-order valence-electron chi connectivity index (χ2n) is 4.41. The van der Waals surface area contributed by atoms with E-state index in [0.29, 0.717) is 18.7 Å². The molecule has 0 aliphatic carbocycles. The topological polar surface area (TPSA) is 90.0 Å². The zero-order valence-electron chi connectivity index (χ0n) is 11.2. The van der Waals surface area contributed by atoms with Gasteiger partial charge in [-0.1, -0.05) is 6.42 Å². The van der Waals surface area contributed by atoms with E-state index in [9.17, 15) is 9.59 Å². The molecule has 0 aliphatic rings.